The van der Waals surface area contributed by atoms with Crippen molar-refractivity contribution in [2.24, 2.45) is 11.3 Å². The summed E-state index contributed by atoms with van der Waals surface area (Å²) in [6, 6.07) is 0. The number of hydrogen-bond acceptors (Lipinski definition) is 3. The Kier molecular flexibility index (Phi) is 6.76. The number of allylic oxidation sites excluding steroid dienone is 4. The van der Waals surface area contributed by atoms with Crippen molar-refractivity contribution in [3.8, 4) is 0 Å². The number of rotatable bonds is 6. The minimum atomic E-state index is -0.241. The third-order valence-electron chi connectivity index (χ3n) is 6.11. The van der Waals surface area contributed by atoms with E-state index in [1.165, 1.54) is 12.0 Å². The fourth-order valence-electron chi connectivity index (χ4n) is 3.82. The Hall–Kier alpha value is -1.25. The average Bonchev–Trinajstić information content (AvgIpc) is 2.60. The molecule has 0 spiro atoms. The van der Waals surface area contributed by atoms with Crippen LogP contribution in [0.2, 0.25) is 0 Å². The van der Waals surface area contributed by atoms with Crippen LogP contribution in [0.3, 0.4) is 0 Å². The van der Waals surface area contributed by atoms with Gasteiger partial charge in [0.25, 0.3) is 0 Å². The molecule has 0 aromatic rings. The molecule has 1 saturated carbocycles. The standard InChI is InChI=1S/C22H36O3/c1-6-22(14-8-7-9-15-22)25-20(23)16-24-19-12-10-18(11-13-19)17(2)21(3,4)5/h10,12,17H,6-9,11,13-16H2,1-5H3. The number of carbonyl (C=O) groups excluding carboxylic acids is 1. The van der Waals surface area contributed by atoms with Crippen LogP contribution in [0.15, 0.2) is 23.5 Å². The van der Waals surface area contributed by atoms with E-state index in [2.05, 4.69) is 40.7 Å². The van der Waals surface area contributed by atoms with Crippen LogP contribution in [0.25, 0.3) is 0 Å². The zero-order valence-corrected chi connectivity index (χ0v) is 16.8. The van der Waals surface area contributed by atoms with E-state index in [1.807, 2.05) is 6.08 Å². The molecule has 1 atom stereocenters. The van der Waals surface area contributed by atoms with Crippen molar-refractivity contribution >= 4 is 5.97 Å². The molecule has 1 fully saturated rings. The van der Waals surface area contributed by atoms with Gasteiger partial charge < -0.3 is 9.47 Å². The van der Waals surface area contributed by atoms with Gasteiger partial charge in [0.05, 0.1) is 5.76 Å². The van der Waals surface area contributed by atoms with E-state index in [9.17, 15) is 4.79 Å². The molecule has 2 aliphatic rings. The molecule has 2 rings (SSSR count). The first-order chi connectivity index (χ1) is 11.8. The molecule has 0 aliphatic heterocycles. The Bertz CT molecular complexity index is 516. The molecule has 0 aromatic carbocycles. The van der Waals surface area contributed by atoms with Crippen molar-refractivity contribution in [1.29, 1.82) is 0 Å². The summed E-state index contributed by atoms with van der Waals surface area (Å²) < 4.78 is 11.5. The predicted octanol–water partition coefficient (Wildman–Crippen LogP) is 5.95. The zero-order valence-electron chi connectivity index (χ0n) is 16.8. The molecule has 3 nitrogen and oxygen atoms in total. The SMILES string of the molecule is CCC1(OC(=O)COC2=CC=C(C(C)C(C)(C)C)CC2)CCCCC1. The molecule has 25 heavy (non-hydrogen) atoms. The highest BCUT2D eigenvalue weighted by Gasteiger charge is 2.34. The lowest BCUT2D eigenvalue weighted by Gasteiger charge is -2.36. The monoisotopic (exact) mass is 348 g/mol. The van der Waals surface area contributed by atoms with E-state index in [0.717, 1.165) is 50.7 Å². The van der Waals surface area contributed by atoms with Crippen molar-refractivity contribution in [2.75, 3.05) is 6.61 Å². The highest BCUT2D eigenvalue weighted by molar-refractivity contribution is 5.71. The normalized spacial score (nSPS) is 21.8. The lowest BCUT2D eigenvalue weighted by molar-refractivity contribution is -0.167. The smallest absolute Gasteiger partial charge is 0.344 e. The van der Waals surface area contributed by atoms with E-state index in [1.54, 1.807) is 0 Å². The van der Waals surface area contributed by atoms with Gasteiger partial charge in [-0.15, -0.1) is 0 Å². The maximum atomic E-state index is 12.2. The third-order valence-corrected chi connectivity index (χ3v) is 6.11. The Morgan fingerprint density at radius 3 is 2.36 bits per heavy atom. The van der Waals surface area contributed by atoms with Gasteiger partial charge in [-0.3, -0.25) is 0 Å². The van der Waals surface area contributed by atoms with Crippen LogP contribution < -0.4 is 0 Å². The zero-order chi connectivity index (χ0) is 18.5. The average molecular weight is 349 g/mol. The largest absolute Gasteiger partial charge is 0.486 e. The van der Waals surface area contributed by atoms with Gasteiger partial charge in [-0.1, -0.05) is 52.7 Å². The predicted molar refractivity (Wildman–Crippen MR) is 102 cm³/mol. The summed E-state index contributed by atoms with van der Waals surface area (Å²) in [4.78, 5) is 12.2. The summed E-state index contributed by atoms with van der Waals surface area (Å²) in [5, 5.41) is 0. The molecule has 2 aliphatic carbocycles. The first kappa shape index (κ1) is 20.1. The molecule has 0 heterocycles. The van der Waals surface area contributed by atoms with Gasteiger partial charge in [0.2, 0.25) is 0 Å². The van der Waals surface area contributed by atoms with Gasteiger partial charge in [0, 0.05) is 6.42 Å². The molecule has 142 valence electrons. The second kappa shape index (κ2) is 8.42. The highest BCUT2D eigenvalue weighted by Crippen LogP contribution is 2.36. The molecule has 0 N–H and O–H groups in total. The highest BCUT2D eigenvalue weighted by atomic mass is 16.6. The molecule has 0 amide bonds. The minimum absolute atomic E-state index is 0.0333. The second-order valence-corrected chi connectivity index (χ2v) is 8.82. The molecule has 3 heteroatoms. The second-order valence-electron chi connectivity index (χ2n) is 8.82. The number of carbonyl (C=O) groups is 1. The molecule has 0 aromatic heterocycles. The fourth-order valence-corrected chi connectivity index (χ4v) is 3.82. The molecule has 1 unspecified atom stereocenters. The first-order valence-corrected chi connectivity index (χ1v) is 10.00. The van der Waals surface area contributed by atoms with Crippen LogP contribution in [-0.4, -0.2) is 18.2 Å². The van der Waals surface area contributed by atoms with Gasteiger partial charge in [0.15, 0.2) is 6.61 Å². The molecule has 0 saturated heterocycles. The third kappa shape index (κ3) is 5.62. The van der Waals surface area contributed by atoms with Crippen LogP contribution in [0.1, 0.15) is 86.0 Å². The quantitative estimate of drug-likeness (QED) is 0.557. The van der Waals surface area contributed by atoms with E-state index in [4.69, 9.17) is 9.47 Å². The number of ether oxygens (including phenoxy) is 2. The van der Waals surface area contributed by atoms with Gasteiger partial charge >= 0.3 is 5.97 Å². The summed E-state index contributed by atoms with van der Waals surface area (Å²) in [7, 11) is 0. The van der Waals surface area contributed by atoms with Crippen LogP contribution >= 0.6 is 0 Å². The summed E-state index contributed by atoms with van der Waals surface area (Å²) >= 11 is 0. The summed E-state index contributed by atoms with van der Waals surface area (Å²) in [6.07, 6.45) is 12.6. The van der Waals surface area contributed by atoms with E-state index in [-0.39, 0.29) is 23.6 Å². The maximum absolute atomic E-state index is 12.2. The van der Waals surface area contributed by atoms with E-state index < -0.39 is 0 Å². The minimum Gasteiger partial charge on any atom is -0.486 e. The molecule has 0 radical (unpaired) electrons. The van der Waals surface area contributed by atoms with Gasteiger partial charge in [-0.25, -0.2) is 4.79 Å². The Balaban J connectivity index is 1.84. The van der Waals surface area contributed by atoms with Crippen molar-refractivity contribution in [3.63, 3.8) is 0 Å². The molecular formula is C22H36O3. The summed E-state index contributed by atoms with van der Waals surface area (Å²) in [5.74, 6) is 1.23. The fraction of sp³-hybridized carbons (Fsp3) is 0.773. The van der Waals surface area contributed by atoms with Crippen molar-refractivity contribution < 1.29 is 14.3 Å². The van der Waals surface area contributed by atoms with Crippen LogP contribution in [0, 0.1) is 11.3 Å². The van der Waals surface area contributed by atoms with Crippen molar-refractivity contribution in [2.45, 2.75) is 91.6 Å². The lowest BCUT2D eigenvalue weighted by Crippen LogP contribution is -2.37. The molecule has 0 bridgehead atoms. The first-order valence-electron chi connectivity index (χ1n) is 10.00. The van der Waals surface area contributed by atoms with Crippen LogP contribution in [-0.2, 0) is 14.3 Å². The van der Waals surface area contributed by atoms with Crippen molar-refractivity contribution in [3.05, 3.63) is 23.5 Å². The Morgan fingerprint density at radius 2 is 1.84 bits per heavy atom. The Labute approximate surface area is 153 Å². The van der Waals surface area contributed by atoms with Gasteiger partial charge in [0.1, 0.15) is 5.60 Å². The van der Waals surface area contributed by atoms with Gasteiger partial charge in [-0.2, -0.15) is 0 Å². The maximum Gasteiger partial charge on any atom is 0.344 e. The lowest BCUT2D eigenvalue weighted by atomic mass is 9.75. The summed E-state index contributed by atoms with van der Waals surface area (Å²) in [6.45, 7) is 11.3. The molecular weight excluding hydrogens is 312 g/mol. The number of hydrogen-bond donors (Lipinski definition) is 0. The van der Waals surface area contributed by atoms with Gasteiger partial charge in [-0.05, 0) is 55.9 Å². The Morgan fingerprint density at radius 1 is 1.16 bits per heavy atom. The number of esters is 1. The van der Waals surface area contributed by atoms with Crippen LogP contribution in [0.5, 0.6) is 0 Å². The summed E-state index contributed by atoms with van der Waals surface area (Å²) in [5.41, 5.74) is 1.50. The topological polar surface area (TPSA) is 35.5 Å². The van der Waals surface area contributed by atoms with Crippen LogP contribution in [0.4, 0.5) is 0 Å². The van der Waals surface area contributed by atoms with Crippen molar-refractivity contribution in [1.82, 2.24) is 0 Å². The van der Waals surface area contributed by atoms with E-state index >= 15 is 0 Å². The van der Waals surface area contributed by atoms with E-state index in [0.29, 0.717) is 5.92 Å².